The van der Waals surface area contributed by atoms with Crippen LogP contribution in [0.2, 0.25) is 0 Å². The van der Waals surface area contributed by atoms with Crippen LogP contribution in [0, 0.1) is 6.92 Å². The van der Waals surface area contributed by atoms with Crippen molar-refractivity contribution in [2.75, 3.05) is 33.8 Å². The van der Waals surface area contributed by atoms with Gasteiger partial charge in [-0.05, 0) is 18.1 Å². The van der Waals surface area contributed by atoms with E-state index in [0.29, 0.717) is 0 Å². The third-order valence-electron chi connectivity index (χ3n) is 3.34. The minimum absolute atomic E-state index is 0.130. The van der Waals surface area contributed by atoms with Crippen LogP contribution in [0.4, 0.5) is 0 Å². The van der Waals surface area contributed by atoms with Crippen LogP contribution in [0.25, 0.3) is 0 Å². The highest BCUT2D eigenvalue weighted by molar-refractivity contribution is 5.79. The van der Waals surface area contributed by atoms with E-state index >= 15 is 0 Å². The monoisotopic (exact) mass is 247 g/mol. The first-order chi connectivity index (χ1) is 8.76. The van der Waals surface area contributed by atoms with Crippen molar-refractivity contribution < 1.29 is 4.74 Å². The van der Waals surface area contributed by atoms with Crippen LogP contribution < -0.4 is 5.32 Å². The average Bonchev–Trinajstić information content (AvgIpc) is 2.41. The smallest absolute Gasteiger partial charge is 0.193 e. The molecular weight excluding hydrogens is 226 g/mol. The lowest BCUT2D eigenvalue weighted by Crippen LogP contribution is -2.47. The Bertz CT molecular complexity index is 431. The van der Waals surface area contributed by atoms with E-state index < -0.39 is 0 Å². The Balaban J connectivity index is 2.14. The van der Waals surface area contributed by atoms with Crippen LogP contribution in [0.5, 0.6) is 0 Å². The quantitative estimate of drug-likeness (QED) is 0.604. The molecule has 0 aromatic heterocycles. The maximum atomic E-state index is 5.89. The van der Waals surface area contributed by atoms with Gasteiger partial charge in [-0.15, -0.1) is 0 Å². The summed E-state index contributed by atoms with van der Waals surface area (Å²) in [7, 11) is 3.71. The second-order valence-electron chi connectivity index (χ2n) is 4.46. The largest absolute Gasteiger partial charge is 0.370 e. The normalized spacial score (nSPS) is 20.9. The number of ether oxygens (including phenoxy) is 1. The Morgan fingerprint density at radius 1 is 1.44 bits per heavy atom. The van der Waals surface area contributed by atoms with Gasteiger partial charge >= 0.3 is 0 Å². The molecule has 0 aliphatic carbocycles. The molecule has 4 heteroatoms. The van der Waals surface area contributed by atoms with Crippen molar-refractivity contribution >= 4 is 5.96 Å². The highest BCUT2D eigenvalue weighted by atomic mass is 16.5. The summed E-state index contributed by atoms with van der Waals surface area (Å²) in [6.45, 7) is 4.60. The van der Waals surface area contributed by atoms with Crippen LogP contribution >= 0.6 is 0 Å². The molecule has 18 heavy (non-hydrogen) atoms. The molecule has 0 bridgehead atoms. The first-order valence-electron chi connectivity index (χ1n) is 6.33. The lowest BCUT2D eigenvalue weighted by molar-refractivity contribution is -0.00817. The summed E-state index contributed by atoms with van der Waals surface area (Å²) < 4.78 is 5.89. The molecule has 1 aliphatic heterocycles. The summed E-state index contributed by atoms with van der Waals surface area (Å²) in [6, 6.07) is 8.40. The zero-order chi connectivity index (χ0) is 13.0. The molecule has 1 fully saturated rings. The maximum Gasteiger partial charge on any atom is 0.193 e. The number of hydrogen-bond donors (Lipinski definition) is 1. The Morgan fingerprint density at radius 3 is 2.89 bits per heavy atom. The van der Waals surface area contributed by atoms with Gasteiger partial charge in [0.05, 0.1) is 13.2 Å². The third-order valence-corrected chi connectivity index (χ3v) is 3.34. The number of hydrogen-bond acceptors (Lipinski definition) is 2. The lowest BCUT2D eigenvalue weighted by Gasteiger charge is -2.35. The molecular formula is C14H21N3O. The number of morpholine rings is 1. The second kappa shape index (κ2) is 5.87. The number of nitrogens with one attached hydrogen (secondary N) is 1. The highest BCUT2D eigenvalue weighted by Gasteiger charge is 2.24. The van der Waals surface area contributed by atoms with Gasteiger partial charge in [0.1, 0.15) is 6.10 Å². The number of aliphatic imine (C=N–C) groups is 1. The van der Waals surface area contributed by atoms with E-state index in [2.05, 4.69) is 46.4 Å². The van der Waals surface area contributed by atoms with E-state index in [1.54, 1.807) is 0 Å². The van der Waals surface area contributed by atoms with E-state index in [-0.39, 0.29) is 6.10 Å². The van der Waals surface area contributed by atoms with Crippen LogP contribution in [0.3, 0.4) is 0 Å². The van der Waals surface area contributed by atoms with E-state index in [4.69, 9.17) is 4.74 Å². The summed E-state index contributed by atoms with van der Waals surface area (Å²) in [5.41, 5.74) is 2.55. The van der Waals surface area contributed by atoms with E-state index in [1.165, 1.54) is 11.1 Å². The third kappa shape index (κ3) is 2.64. The molecule has 1 unspecified atom stereocenters. The molecule has 1 atom stereocenters. The standard InChI is InChI=1S/C14H21N3O/c1-11-6-4-5-7-12(11)13-10-17(8-9-18-13)14(15-2)16-3/h4-7,13H,8-10H2,1-3H3,(H,15,16). The van der Waals surface area contributed by atoms with Crippen molar-refractivity contribution in [2.45, 2.75) is 13.0 Å². The lowest BCUT2D eigenvalue weighted by atomic mass is 10.0. The summed E-state index contributed by atoms with van der Waals surface area (Å²) in [4.78, 5) is 6.49. The molecule has 1 heterocycles. The van der Waals surface area contributed by atoms with Gasteiger partial charge in [-0.25, -0.2) is 0 Å². The number of nitrogens with zero attached hydrogens (tertiary/aromatic N) is 2. The molecule has 0 amide bonds. The molecule has 0 spiro atoms. The fourth-order valence-corrected chi connectivity index (χ4v) is 2.39. The summed E-state index contributed by atoms with van der Waals surface area (Å²) in [5, 5.41) is 3.13. The van der Waals surface area contributed by atoms with Crippen molar-refractivity contribution in [3.8, 4) is 0 Å². The molecule has 0 radical (unpaired) electrons. The zero-order valence-corrected chi connectivity index (χ0v) is 11.3. The molecule has 2 rings (SSSR count). The predicted octanol–water partition coefficient (Wildman–Crippen LogP) is 1.57. The van der Waals surface area contributed by atoms with Gasteiger partial charge in [0.15, 0.2) is 5.96 Å². The molecule has 1 N–H and O–H groups in total. The maximum absolute atomic E-state index is 5.89. The Labute approximate surface area is 109 Å². The first kappa shape index (κ1) is 12.9. The van der Waals surface area contributed by atoms with Crippen LogP contribution in [0.15, 0.2) is 29.3 Å². The van der Waals surface area contributed by atoms with E-state index in [9.17, 15) is 0 Å². The van der Waals surface area contributed by atoms with Crippen LogP contribution in [0.1, 0.15) is 17.2 Å². The molecule has 0 saturated carbocycles. The second-order valence-corrected chi connectivity index (χ2v) is 4.46. The van der Waals surface area contributed by atoms with Gasteiger partial charge < -0.3 is 15.0 Å². The summed E-state index contributed by atoms with van der Waals surface area (Å²) >= 11 is 0. The zero-order valence-electron chi connectivity index (χ0n) is 11.3. The molecule has 98 valence electrons. The van der Waals surface area contributed by atoms with E-state index in [0.717, 1.165) is 25.7 Å². The van der Waals surface area contributed by atoms with Gasteiger partial charge in [0.25, 0.3) is 0 Å². The highest BCUT2D eigenvalue weighted by Crippen LogP contribution is 2.24. The SMILES string of the molecule is CN=C(NC)N1CCOC(c2ccccc2C)C1. The molecule has 1 aromatic rings. The molecule has 1 aliphatic rings. The van der Waals surface area contributed by atoms with Crippen molar-refractivity contribution in [3.63, 3.8) is 0 Å². The molecule has 1 saturated heterocycles. The van der Waals surface area contributed by atoms with Crippen LogP contribution in [-0.4, -0.2) is 44.7 Å². The van der Waals surface area contributed by atoms with Crippen molar-refractivity contribution in [2.24, 2.45) is 4.99 Å². The van der Waals surface area contributed by atoms with E-state index in [1.807, 2.05) is 14.1 Å². The molecule has 4 nitrogen and oxygen atoms in total. The van der Waals surface area contributed by atoms with Crippen molar-refractivity contribution in [1.82, 2.24) is 10.2 Å². The van der Waals surface area contributed by atoms with Crippen molar-refractivity contribution in [1.29, 1.82) is 0 Å². The minimum atomic E-state index is 0.130. The topological polar surface area (TPSA) is 36.9 Å². The number of guanidine groups is 1. The van der Waals surface area contributed by atoms with Gasteiger partial charge in [-0.1, -0.05) is 24.3 Å². The average molecular weight is 247 g/mol. The summed E-state index contributed by atoms with van der Waals surface area (Å²) in [5.74, 6) is 0.928. The fourth-order valence-electron chi connectivity index (χ4n) is 2.39. The number of rotatable bonds is 1. The Morgan fingerprint density at radius 2 is 2.22 bits per heavy atom. The van der Waals surface area contributed by atoms with Gasteiger partial charge in [0, 0.05) is 20.6 Å². The number of benzene rings is 1. The van der Waals surface area contributed by atoms with Gasteiger partial charge in [0.2, 0.25) is 0 Å². The molecule has 1 aromatic carbocycles. The predicted molar refractivity (Wildman–Crippen MR) is 73.9 cm³/mol. The Hall–Kier alpha value is -1.55. The Kier molecular flexibility index (Phi) is 4.20. The summed E-state index contributed by atoms with van der Waals surface area (Å²) in [6.07, 6.45) is 0.130. The first-order valence-corrected chi connectivity index (χ1v) is 6.33. The minimum Gasteiger partial charge on any atom is -0.370 e. The van der Waals surface area contributed by atoms with Gasteiger partial charge in [-0.2, -0.15) is 0 Å². The van der Waals surface area contributed by atoms with Crippen LogP contribution in [-0.2, 0) is 4.74 Å². The van der Waals surface area contributed by atoms with Gasteiger partial charge in [-0.3, -0.25) is 4.99 Å². The number of aryl methyl sites for hydroxylation is 1. The fraction of sp³-hybridized carbons (Fsp3) is 0.500. The van der Waals surface area contributed by atoms with Crippen molar-refractivity contribution in [3.05, 3.63) is 35.4 Å².